The molecule has 0 radical (unpaired) electrons. The molecular weight excluding hydrogens is 370 g/mol. The number of hydrogen-bond acceptors (Lipinski definition) is 5. The Morgan fingerprint density at radius 3 is 2.62 bits per heavy atom. The molecule has 1 amide bonds. The fourth-order valence-electron chi connectivity index (χ4n) is 2.20. The number of benzene rings is 2. The summed E-state index contributed by atoms with van der Waals surface area (Å²) in [4.78, 5) is 17.4. The number of aryl methyl sites for hydroxylation is 1. The van der Waals surface area contributed by atoms with Crippen molar-refractivity contribution >= 4 is 29.3 Å². The number of amides is 1. The largest absolute Gasteiger partial charge is 0.347 e. The first-order chi connectivity index (χ1) is 12.6. The van der Waals surface area contributed by atoms with Gasteiger partial charge in [-0.25, -0.2) is 0 Å². The molecule has 134 valence electrons. The lowest BCUT2D eigenvalue weighted by molar-refractivity contribution is -0.120. The predicted octanol–water partition coefficient (Wildman–Crippen LogP) is 4.50. The molecule has 1 aromatic heterocycles. The van der Waals surface area contributed by atoms with Crippen molar-refractivity contribution in [2.24, 2.45) is 0 Å². The van der Waals surface area contributed by atoms with Gasteiger partial charge >= 0.3 is 0 Å². The van der Waals surface area contributed by atoms with Crippen molar-refractivity contribution in [2.75, 3.05) is 5.75 Å². The lowest BCUT2D eigenvalue weighted by atomic mass is 10.2. The van der Waals surface area contributed by atoms with E-state index < -0.39 is 0 Å². The highest BCUT2D eigenvalue weighted by Gasteiger charge is 2.10. The molecule has 0 saturated carbocycles. The SMILES string of the molecule is Cc1ccc(SCCC(=O)NCc2nc(-c3ccc(Cl)cc3)no2)cc1. The molecule has 0 atom stereocenters. The second kappa shape index (κ2) is 8.87. The fourth-order valence-corrected chi connectivity index (χ4v) is 3.18. The molecule has 0 saturated heterocycles. The van der Waals surface area contributed by atoms with Gasteiger partial charge in [0.15, 0.2) is 0 Å². The maximum absolute atomic E-state index is 11.9. The first-order valence-corrected chi connectivity index (χ1v) is 9.51. The zero-order valence-electron chi connectivity index (χ0n) is 14.2. The normalized spacial score (nSPS) is 10.7. The fraction of sp³-hybridized carbons (Fsp3) is 0.211. The first kappa shape index (κ1) is 18.5. The van der Waals surface area contributed by atoms with E-state index in [1.54, 1.807) is 23.9 Å². The number of carbonyl (C=O) groups excluding carboxylic acids is 1. The molecule has 5 nitrogen and oxygen atoms in total. The molecule has 3 rings (SSSR count). The summed E-state index contributed by atoms with van der Waals surface area (Å²) in [7, 11) is 0. The molecular formula is C19H18ClN3O2S. The van der Waals surface area contributed by atoms with Crippen molar-refractivity contribution < 1.29 is 9.32 Å². The number of nitrogens with one attached hydrogen (secondary N) is 1. The number of rotatable bonds is 7. The Kier molecular flexibility index (Phi) is 6.30. The summed E-state index contributed by atoms with van der Waals surface area (Å²) in [6, 6.07) is 15.4. The molecule has 0 aliphatic heterocycles. The van der Waals surface area contributed by atoms with Crippen LogP contribution in [-0.2, 0) is 11.3 Å². The van der Waals surface area contributed by atoms with Gasteiger partial charge < -0.3 is 9.84 Å². The van der Waals surface area contributed by atoms with Crippen LogP contribution in [0.15, 0.2) is 57.9 Å². The topological polar surface area (TPSA) is 68.0 Å². The average Bonchev–Trinajstić information content (AvgIpc) is 3.11. The summed E-state index contributed by atoms with van der Waals surface area (Å²) in [5, 5.41) is 7.36. The monoisotopic (exact) mass is 387 g/mol. The zero-order chi connectivity index (χ0) is 18.4. The molecule has 0 unspecified atom stereocenters. The van der Waals surface area contributed by atoms with Gasteiger partial charge in [0.1, 0.15) is 0 Å². The number of nitrogens with zero attached hydrogens (tertiary/aromatic N) is 2. The molecule has 0 aliphatic rings. The van der Waals surface area contributed by atoms with E-state index in [-0.39, 0.29) is 12.5 Å². The van der Waals surface area contributed by atoms with Crippen LogP contribution >= 0.6 is 23.4 Å². The van der Waals surface area contributed by atoms with Gasteiger partial charge in [-0.15, -0.1) is 11.8 Å². The van der Waals surface area contributed by atoms with Crippen LogP contribution < -0.4 is 5.32 Å². The van der Waals surface area contributed by atoms with E-state index in [4.69, 9.17) is 16.1 Å². The van der Waals surface area contributed by atoms with Crippen molar-refractivity contribution in [3.8, 4) is 11.4 Å². The molecule has 0 aliphatic carbocycles. The molecule has 1 heterocycles. The highest BCUT2D eigenvalue weighted by Crippen LogP contribution is 2.20. The van der Waals surface area contributed by atoms with Gasteiger partial charge in [0.2, 0.25) is 17.6 Å². The van der Waals surface area contributed by atoms with E-state index in [2.05, 4.69) is 46.6 Å². The van der Waals surface area contributed by atoms with Crippen molar-refractivity contribution in [3.63, 3.8) is 0 Å². The maximum atomic E-state index is 11.9. The van der Waals surface area contributed by atoms with Crippen LogP contribution in [0.1, 0.15) is 17.9 Å². The van der Waals surface area contributed by atoms with Crippen LogP contribution in [-0.4, -0.2) is 21.8 Å². The zero-order valence-corrected chi connectivity index (χ0v) is 15.8. The molecule has 1 N–H and O–H groups in total. The van der Waals surface area contributed by atoms with Gasteiger partial charge in [-0.05, 0) is 43.3 Å². The Hall–Kier alpha value is -2.31. The highest BCUT2D eigenvalue weighted by atomic mass is 35.5. The summed E-state index contributed by atoms with van der Waals surface area (Å²) < 4.78 is 5.17. The quantitative estimate of drug-likeness (QED) is 0.604. The summed E-state index contributed by atoms with van der Waals surface area (Å²) >= 11 is 7.52. The minimum absolute atomic E-state index is 0.0455. The van der Waals surface area contributed by atoms with Crippen LogP contribution in [0.2, 0.25) is 5.02 Å². The Bertz CT molecular complexity index is 863. The van der Waals surface area contributed by atoms with Gasteiger partial charge in [-0.1, -0.05) is 34.5 Å². The van der Waals surface area contributed by atoms with Gasteiger partial charge in [0, 0.05) is 27.7 Å². The highest BCUT2D eigenvalue weighted by molar-refractivity contribution is 7.99. The lowest BCUT2D eigenvalue weighted by Gasteiger charge is -2.03. The van der Waals surface area contributed by atoms with Crippen LogP contribution in [0.3, 0.4) is 0 Å². The number of halogens is 1. The van der Waals surface area contributed by atoms with Crippen molar-refractivity contribution in [3.05, 3.63) is 65.0 Å². The van der Waals surface area contributed by atoms with E-state index in [1.165, 1.54) is 5.56 Å². The predicted molar refractivity (Wildman–Crippen MR) is 103 cm³/mol. The second-order valence-corrected chi connectivity index (χ2v) is 7.31. The summed E-state index contributed by atoms with van der Waals surface area (Å²) in [5.74, 6) is 1.51. The molecule has 26 heavy (non-hydrogen) atoms. The van der Waals surface area contributed by atoms with Crippen LogP contribution in [0.4, 0.5) is 0 Å². The minimum Gasteiger partial charge on any atom is -0.347 e. The van der Waals surface area contributed by atoms with Gasteiger partial charge in [0.05, 0.1) is 6.54 Å². The summed E-state index contributed by atoms with van der Waals surface area (Å²) in [6.07, 6.45) is 0.427. The van der Waals surface area contributed by atoms with E-state index >= 15 is 0 Å². The number of hydrogen-bond donors (Lipinski definition) is 1. The maximum Gasteiger partial charge on any atom is 0.246 e. The summed E-state index contributed by atoms with van der Waals surface area (Å²) in [6.45, 7) is 2.27. The smallest absolute Gasteiger partial charge is 0.246 e. The standard InChI is InChI=1S/C19H18ClN3O2S/c1-13-2-8-16(9-3-13)26-11-10-17(24)21-12-18-22-19(23-25-18)14-4-6-15(20)7-5-14/h2-9H,10-12H2,1H3,(H,21,24). The second-order valence-electron chi connectivity index (χ2n) is 5.71. The Balaban J connectivity index is 1.43. The molecule has 0 bridgehead atoms. The first-order valence-electron chi connectivity index (χ1n) is 8.15. The van der Waals surface area contributed by atoms with E-state index in [0.717, 1.165) is 16.2 Å². The van der Waals surface area contributed by atoms with Crippen LogP contribution in [0.25, 0.3) is 11.4 Å². The number of aromatic nitrogens is 2. The minimum atomic E-state index is -0.0455. The third kappa shape index (κ3) is 5.34. The van der Waals surface area contributed by atoms with E-state index in [1.807, 2.05) is 12.1 Å². The molecule has 3 aromatic rings. The molecule has 7 heteroatoms. The molecule has 0 spiro atoms. The molecule has 2 aromatic carbocycles. The van der Waals surface area contributed by atoms with Crippen molar-refractivity contribution in [2.45, 2.75) is 24.8 Å². The van der Waals surface area contributed by atoms with E-state index in [9.17, 15) is 4.79 Å². The lowest BCUT2D eigenvalue weighted by Crippen LogP contribution is -2.23. The van der Waals surface area contributed by atoms with Crippen molar-refractivity contribution in [1.82, 2.24) is 15.5 Å². The van der Waals surface area contributed by atoms with E-state index in [0.29, 0.717) is 23.2 Å². The van der Waals surface area contributed by atoms with Crippen molar-refractivity contribution in [1.29, 1.82) is 0 Å². The number of thioether (sulfide) groups is 1. The van der Waals surface area contributed by atoms with Gasteiger partial charge in [-0.2, -0.15) is 4.98 Å². The van der Waals surface area contributed by atoms with Gasteiger partial charge in [-0.3, -0.25) is 4.79 Å². The summed E-state index contributed by atoms with van der Waals surface area (Å²) in [5.41, 5.74) is 2.04. The molecule has 0 fully saturated rings. The Labute approximate surface area is 161 Å². The number of carbonyl (C=O) groups is 1. The third-order valence-corrected chi connectivity index (χ3v) is 4.89. The average molecular weight is 388 g/mol. The third-order valence-electron chi connectivity index (χ3n) is 3.63. The Morgan fingerprint density at radius 1 is 1.15 bits per heavy atom. The Morgan fingerprint density at radius 2 is 1.88 bits per heavy atom. The van der Waals surface area contributed by atoms with Crippen LogP contribution in [0.5, 0.6) is 0 Å². The van der Waals surface area contributed by atoms with Crippen LogP contribution in [0, 0.1) is 6.92 Å². The van der Waals surface area contributed by atoms with Gasteiger partial charge in [0.25, 0.3) is 0 Å².